The molecule has 5 nitrogen and oxygen atoms in total. The van der Waals surface area contributed by atoms with Gasteiger partial charge in [-0.2, -0.15) is 5.26 Å². The largest absolute Gasteiger partial charge is 0.494 e. The van der Waals surface area contributed by atoms with Gasteiger partial charge in [0.2, 0.25) is 0 Å². The van der Waals surface area contributed by atoms with Crippen molar-refractivity contribution in [3.8, 4) is 11.8 Å². The Bertz CT molecular complexity index is 665. The normalized spacial score (nSPS) is 13.8. The number of rotatable bonds is 7. The molecule has 1 aromatic carbocycles. The van der Waals surface area contributed by atoms with Crippen LogP contribution in [0.3, 0.4) is 0 Å². The van der Waals surface area contributed by atoms with Crippen LogP contribution in [-0.2, 0) is 13.0 Å². The molecule has 22 heavy (non-hydrogen) atoms. The molecule has 0 aliphatic heterocycles. The van der Waals surface area contributed by atoms with Gasteiger partial charge < -0.3 is 4.74 Å². The van der Waals surface area contributed by atoms with Crippen LogP contribution in [0.2, 0.25) is 0 Å². The standard InChI is InChI=1S/C17H20N4O/c1-2-13-4-8-15(9-5-13)22-11-3-10-21-17(14-6-7-14)16(12-18)19-20-21/h4-5,8-9,14H,2-3,6-7,10-11H2,1H3. The van der Waals surface area contributed by atoms with Gasteiger partial charge in [-0.05, 0) is 37.0 Å². The summed E-state index contributed by atoms with van der Waals surface area (Å²) in [5.41, 5.74) is 2.81. The van der Waals surface area contributed by atoms with Crippen LogP contribution in [0.1, 0.15) is 49.1 Å². The monoisotopic (exact) mass is 296 g/mol. The molecular formula is C17H20N4O. The molecule has 1 aliphatic carbocycles. The maximum absolute atomic E-state index is 9.08. The third-order valence-corrected chi connectivity index (χ3v) is 3.96. The summed E-state index contributed by atoms with van der Waals surface area (Å²) in [6.07, 6.45) is 4.17. The molecule has 1 aromatic heterocycles. The number of hydrogen-bond donors (Lipinski definition) is 0. The van der Waals surface area contributed by atoms with Crippen LogP contribution in [0, 0.1) is 11.3 Å². The average Bonchev–Trinajstić information content (AvgIpc) is 3.32. The minimum Gasteiger partial charge on any atom is -0.494 e. The maximum atomic E-state index is 9.08. The van der Waals surface area contributed by atoms with Gasteiger partial charge in [0.1, 0.15) is 11.8 Å². The number of aryl methyl sites for hydroxylation is 2. The Kier molecular flexibility index (Phi) is 4.38. The molecule has 1 heterocycles. The molecule has 0 amide bonds. The van der Waals surface area contributed by atoms with Crippen LogP contribution in [0.15, 0.2) is 24.3 Å². The Balaban J connectivity index is 1.51. The van der Waals surface area contributed by atoms with Crippen LogP contribution in [-0.4, -0.2) is 21.6 Å². The van der Waals surface area contributed by atoms with Gasteiger partial charge >= 0.3 is 0 Å². The molecule has 1 fully saturated rings. The predicted molar refractivity (Wildman–Crippen MR) is 82.6 cm³/mol. The lowest BCUT2D eigenvalue weighted by atomic mass is 10.2. The SMILES string of the molecule is CCc1ccc(OCCCn2nnc(C#N)c2C2CC2)cc1. The number of nitriles is 1. The second kappa shape index (κ2) is 6.61. The third-order valence-electron chi connectivity index (χ3n) is 3.96. The van der Waals surface area contributed by atoms with E-state index < -0.39 is 0 Å². The van der Waals surface area contributed by atoms with E-state index in [1.807, 2.05) is 16.8 Å². The van der Waals surface area contributed by atoms with Crippen LogP contribution < -0.4 is 4.74 Å². The highest BCUT2D eigenvalue weighted by Gasteiger charge is 2.31. The van der Waals surface area contributed by atoms with E-state index in [0.29, 0.717) is 18.2 Å². The quantitative estimate of drug-likeness (QED) is 0.737. The van der Waals surface area contributed by atoms with E-state index in [9.17, 15) is 0 Å². The van der Waals surface area contributed by atoms with Crippen molar-refractivity contribution in [1.29, 1.82) is 5.26 Å². The summed E-state index contributed by atoms with van der Waals surface area (Å²) in [6, 6.07) is 10.4. The fraction of sp³-hybridized carbons (Fsp3) is 0.471. The molecule has 1 aliphatic rings. The Hall–Kier alpha value is -2.35. The summed E-state index contributed by atoms with van der Waals surface area (Å²) >= 11 is 0. The van der Waals surface area contributed by atoms with E-state index in [0.717, 1.165) is 43.7 Å². The van der Waals surface area contributed by atoms with E-state index in [1.54, 1.807) is 0 Å². The molecule has 0 spiro atoms. The van der Waals surface area contributed by atoms with Crippen molar-refractivity contribution >= 4 is 0 Å². The predicted octanol–water partition coefficient (Wildman–Crippen LogP) is 3.06. The van der Waals surface area contributed by atoms with Crippen molar-refractivity contribution in [1.82, 2.24) is 15.0 Å². The summed E-state index contributed by atoms with van der Waals surface area (Å²) in [7, 11) is 0. The van der Waals surface area contributed by atoms with Crippen molar-refractivity contribution in [3.05, 3.63) is 41.2 Å². The highest BCUT2D eigenvalue weighted by Crippen LogP contribution is 2.40. The molecule has 1 saturated carbocycles. The van der Waals surface area contributed by atoms with Crippen LogP contribution in [0.5, 0.6) is 5.75 Å². The molecule has 0 atom stereocenters. The van der Waals surface area contributed by atoms with Crippen LogP contribution in [0.25, 0.3) is 0 Å². The first-order valence-corrected chi connectivity index (χ1v) is 7.87. The summed E-state index contributed by atoms with van der Waals surface area (Å²) in [4.78, 5) is 0. The van der Waals surface area contributed by atoms with Crippen molar-refractivity contribution in [2.45, 2.75) is 45.1 Å². The van der Waals surface area contributed by atoms with E-state index in [1.165, 1.54) is 5.56 Å². The van der Waals surface area contributed by atoms with Crippen molar-refractivity contribution in [2.24, 2.45) is 0 Å². The minimum absolute atomic E-state index is 0.479. The number of nitrogens with zero attached hydrogens (tertiary/aromatic N) is 4. The lowest BCUT2D eigenvalue weighted by Gasteiger charge is -2.08. The molecule has 0 saturated heterocycles. The van der Waals surface area contributed by atoms with E-state index in [4.69, 9.17) is 10.00 Å². The summed E-state index contributed by atoms with van der Waals surface area (Å²) in [5.74, 6) is 1.38. The van der Waals surface area contributed by atoms with Crippen molar-refractivity contribution in [3.63, 3.8) is 0 Å². The molecule has 0 unspecified atom stereocenters. The van der Waals surface area contributed by atoms with E-state index in [2.05, 4.69) is 35.4 Å². The topological polar surface area (TPSA) is 63.7 Å². The summed E-state index contributed by atoms with van der Waals surface area (Å²) < 4.78 is 7.62. The van der Waals surface area contributed by atoms with Gasteiger partial charge in [0.25, 0.3) is 0 Å². The molecular weight excluding hydrogens is 276 g/mol. The number of aromatic nitrogens is 3. The number of benzene rings is 1. The summed E-state index contributed by atoms with van der Waals surface area (Å²) in [6.45, 7) is 3.52. The zero-order chi connectivity index (χ0) is 15.4. The molecule has 0 N–H and O–H groups in total. The van der Waals surface area contributed by atoms with E-state index >= 15 is 0 Å². The van der Waals surface area contributed by atoms with Gasteiger partial charge in [0, 0.05) is 18.9 Å². The average molecular weight is 296 g/mol. The van der Waals surface area contributed by atoms with Gasteiger partial charge in [-0.15, -0.1) is 5.10 Å². The van der Waals surface area contributed by atoms with Gasteiger partial charge in [0.15, 0.2) is 5.69 Å². The maximum Gasteiger partial charge on any atom is 0.186 e. The number of ether oxygens (including phenoxy) is 1. The lowest BCUT2D eigenvalue weighted by molar-refractivity contribution is 0.297. The fourth-order valence-electron chi connectivity index (χ4n) is 2.55. The van der Waals surface area contributed by atoms with Crippen molar-refractivity contribution < 1.29 is 4.74 Å². The molecule has 3 rings (SSSR count). The first kappa shape index (κ1) is 14.6. The highest BCUT2D eigenvalue weighted by atomic mass is 16.5. The molecule has 0 radical (unpaired) electrons. The van der Waals surface area contributed by atoms with Crippen LogP contribution in [0.4, 0.5) is 0 Å². The smallest absolute Gasteiger partial charge is 0.186 e. The minimum atomic E-state index is 0.479. The molecule has 5 heteroatoms. The first-order valence-electron chi connectivity index (χ1n) is 7.87. The first-order chi connectivity index (χ1) is 10.8. The second-order valence-electron chi connectivity index (χ2n) is 5.63. The lowest BCUT2D eigenvalue weighted by Crippen LogP contribution is -2.09. The Morgan fingerprint density at radius 3 is 2.73 bits per heavy atom. The third kappa shape index (κ3) is 3.28. The van der Waals surface area contributed by atoms with Gasteiger partial charge in [-0.1, -0.05) is 24.3 Å². The van der Waals surface area contributed by atoms with Gasteiger partial charge in [-0.3, -0.25) is 0 Å². The van der Waals surface area contributed by atoms with Crippen molar-refractivity contribution in [2.75, 3.05) is 6.61 Å². The van der Waals surface area contributed by atoms with E-state index in [-0.39, 0.29) is 0 Å². The van der Waals surface area contributed by atoms with Gasteiger partial charge in [0.05, 0.1) is 12.3 Å². The zero-order valence-electron chi connectivity index (χ0n) is 12.8. The zero-order valence-corrected chi connectivity index (χ0v) is 12.8. The molecule has 114 valence electrons. The fourth-order valence-corrected chi connectivity index (χ4v) is 2.55. The van der Waals surface area contributed by atoms with Crippen LogP contribution >= 0.6 is 0 Å². The molecule has 0 bridgehead atoms. The second-order valence-corrected chi connectivity index (χ2v) is 5.63. The molecule has 2 aromatic rings. The van der Waals surface area contributed by atoms with Gasteiger partial charge in [-0.25, -0.2) is 4.68 Å². The number of hydrogen-bond acceptors (Lipinski definition) is 4. The summed E-state index contributed by atoms with van der Waals surface area (Å²) in [5, 5.41) is 17.1. The Labute approximate surface area is 130 Å². The Morgan fingerprint density at radius 1 is 1.32 bits per heavy atom. The Morgan fingerprint density at radius 2 is 2.09 bits per heavy atom. The highest BCUT2D eigenvalue weighted by molar-refractivity contribution is 5.30.